The molecule has 1 aliphatic rings. The summed E-state index contributed by atoms with van der Waals surface area (Å²) in [5, 5.41) is 0. The number of aromatic nitrogens is 3. The number of ether oxygens (including phenoxy) is 1. The van der Waals surface area contributed by atoms with Gasteiger partial charge in [-0.1, -0.05) is 60.7 Å². The molecule has 0 radical (unpaired) electrons. The molecule has 2 heterocycles. The normalized spacial score (nSPS) is 14.6. The monoisotopic (exact) mass is 318 g/mol. The molecule has 0 saturated carbocycles. The van der Waals surface area contributed by atoms with Crippen LogP contribution in [0.5, 0.6) is 0 Å². The fraction of sp³-hybridized carbons (Fsp3) is 0.211. The Morgan fingerprint density at radius 3 is 1.67 bits per heavy atom. The smallest absolute Gasteiger partial charge is 0.229 e. The van der Waals surface area contributed by atoms with Crippen molar-refractivity contribution in [2.45, 2.75) is 0 Å². The molecule has 5 nitrogen and oxygen atoms in total. The zero-order chi connectivity index (χ0) is 16.2. The lowest BCUT2D eigenvalue weighted by atomic mass is 10.2. The van der Waals surface area contributed by atoms with Crippen molar-refractivity contribution in [3.05, 3.63) is 60.7 Å². The maximum atomic E-state index is 5.44. The molecular weight excluding hydrogens is 300 g/mol. The van der Waals surface area contributed by atoms with Crippen LogP contribution >= 0.6 is 0 Å². The van der Waals surface area contributed by atoms with Crippen molar-refractivity contribution >= 4 is 5.95 Å². The molecule has 1 saturated heterocycles. The molecule has 1 fully saturated rings. The fourth-order valence-corrected chi connectivity index (χ4v) is 2.70. The Kier molecular flexibility index (Phi) is 4.16. The van der Waals surface area contributed by atoms with Crippen LogP contribution < -0.4 is 4.90 Å². The molecule has 0 bridgehead atoms. The van der Waals surface area contributed by atoms with Gasteiger partial charge in [0, 0.05) is 24.2 Å². The lowest BCUT2D eigenvalue weighted by Crippen LogP contribution is -2.37. The summed E-state index contributed by atoms with van der Waals surface area (Å²) in [7, 11) is 0. The molecule has 4 rings (SSSR count). The molecule has 0 spiro atoms. The summed E-state index contributed by atoms with van der Waals surface area (Å²) in [5.41, 5.74) is 1.98. The summed E-state index contributed by atoms with van der Waals surface area (Å²) in [6.07, 6.45) is 0. The van der Waals surface area contributed by atoms with Crippen LogP contribution in [-0.4, -0.2) is 41.3 Å². The topological polar surface area (TPSA) is 51.1 Å². The predicted molar refractivity (Wildman–Crippen MR) is 93.7 cm³/mol. The van der Waals surface area contributed by atoms with Gasteiger partial charge in [-0.2, -0.15) is 9.97 Å². The quantitative estimate of drug-likeness (QED) is 0.743. The molecule has 0 aliphatic carbocycles. The third kappa shape index (κ3) is 3.12. The average molecular weight is 318 g/mol. The van der Waals surface area contributed by atoms with Gasteiger partial charge in [0.1, 0.15) is 0 Å². The molecule has 3 aromatic rings. The summed E-state index contributed by atoms with van der Waals surface area (Å²) in [5.74, 6) is 2.11. The highest BCUT2D eigenvalue weighted by molar-refractivity contribution is 5.63. The summed E-state index contributed by atoms with van der Waals surface area (Å²) in [4.78, 5) is 16.2. The van der Waals surface area contributed by atoms with Crippen LogP contribution in [0.15, 0.2) is 60.7 Å². The van der Waals surface area contributed by atoms with Crippen LogP contribution in [0.25, 0.3) is 22.8 Å². The number of hydrogen-bond acceptors (Lipinski definition) is 5. The minimum atomic E-state index is 0.700. The minimum Gasteiger partial charge on any atom is -0.378 e. The summed E-state index contributed by atoms with van der Waals surface area (Å²) in [6.45, 7) is 3.00. The second-order valence-corrected chi connectivity index (χ2v) is 5.61. The highest BCUT2D eigenvalue weighted by Gasteiger charge is 2.17. The summed E-state index contributed by atoms with van der Waals surface area (Å²) in [6, 6.07) is 20.1. The van der Waals surface area contributed by atoms with Crippen molar-refractivity contribution in [1.82, 2.24) is 15.0 Å². The first kappa shape index (κ1) is 14.8. The van der Waals surface area contributed by atoms with Gasteiger partial charge >= 0.3 is 0 Å². The first-order valence-electron chi connectivity index (χ1n) is 8.10. The Morgan fingerprint density at radius 1 is 0.667 bits per heavy atom. The molecular formula is C19H18N4O. The number of hydrogen-bond donors (Lipinski definition) is 0. The van der Waals surface area contributed by atoms with Crippen LogP contribution in [0.3, 0.4) is 0 Å². The Labute approximate surface area is 141 Å². The van der Waals surface area contributed by atoms with Gasteiger partial charge in [-0.3, -0.25) is 0 Å². The second-order valence-electron chi connectivity index (χ2n) is 5.61. The van der Waals surface area contributed by atoms with Crippen LogP contribution in [-0.2, 0) is 4.74 Å². The molecule has 2 aromatic carbocycles. The zero-order valence-corrected chi connectivity index (χ0v) is 13.3. The SMILES string of the molecule is c1ccc(-c2nc(-c3ccccc3)nc(N3CCOCC3)n2)cc1. The van der Waals surface area contributed by atoms with E-state index in [1.807, 2.05) is 60.7 Å². The van der Waals surface area contributed by atoms with E-state index in [1.165, 1.54) is 0 Å². The van der Waals surface area contributed by atoms with Crippen LogP contribution in [0.4, 0.5) is 5.95 Å². The fourth-order valence-electron chi connectivity index (χ4n) is 2.70. The van der Waals surface area contributed by atoms with Crippen molar-refractivity contribution in [2.24, 2.45) is 0 Å². The standard InChI is InChI=1S/C19H18N4O/c1-3-7-15(8-4-1)17-20-18(16-9-5-2-6-10-16)22-19(21-17)23-11-13-24-14-12-23/h1-10H,11-14H2. The number of benzene rings is 2. The van der Waals surface area contributed by atoms with Crippen LogP contribution in [0.2, 0.25) is 0 Å². The van der Waals surface area contributed by atoms with Crippen LogP contribution in [0, 0.1) is 0 Å². The molecule has 120 valence electrons. The average Bonchev–Trinajstić information content (AvgIpc) is 2.70. The minimum absolute atomic E-state index is 0.700. The van der Waals surface area contributed by atoms with Crippen molar-refractivity contribution in [2.75, 3.05) is 31.2 Å². The Balaban J connectivity index is 1.81. The van der Waals surface area contributed by atoms with E-state index in [1.54, 1.807) is 0 Å². The first-order valence-corrected chi connectivity index (χ1v) is 8.10. The third-order valence-corrected chi connectivity index (χ3v) is 3.98. The van der Waals surface area contributed by atoms with E-state index in [2.05, 4.69) is 9.88 Å². The van der Waals surface area contributed by atoms with Gasteiger partial charge in [0.05, 0.1) is 13.2 Å². The van der Waals surface area contributed by atoms with E-state index >= 15 is 0 Å². The predicted octanol–water partition coefficient (Wildman–Crippen LogP) is 3.04. The molecule has 1 aliphatic heterocycles. The molecule has 5 heteroatoms. The van der Waals surface area contributed by atoms with Gasteiger partial charge in [0.2, 0.25) is 5.95 Å². The van der Waals surface area contributed by atoms with Gasteiger partial charge in [-0.05, 0) is 0 Å². The number of anilines is 1. The Bertz CT molecular complexity index is 744. The van der Waals surface area contributed by atoms with E-state index in [-0.39, 0.29) is 0 Å². The van der Waals surface area contributed by atoms with Gasteiger partial charge in [0.25, 0.3) is 0 Å². The molecule has 0 unspecified atom stereocenters. The van der Waals surface area contributed by atoms with Crippen LogP contribution in [0.1, 0.15) is 0 Å². The number of morpholine rings is 1. The second kappa shape index (κ2) is 6.76. The highest BCUT2D eigenvalue weighted by Crippen LogP contribution is 2.23. The van der Waals surface area contributed by atoms with Crippen molar-refractivity contribution in [3.63, 3.8) is 0 Å². The highest BCUT2D eigenvalue weighted by atomic mass is 16.5. The summed E-state index contributed by atoms with van der Waals surface area (Å²) >= 11 is 0. The third-order valence-electron chi connectivity index (χ3n) is 3.98. The van der Waals surface area contributed by atoms with E-state index in [9.17, 15) is 0 Å². The van der Waals surface area contributed by atoms with Gasteiger partial charge in [-0.15, -0.1) is 0 Å². The van der Waals surface area contributed by atoms with Gasteiger partial charge in [0.15, 0.2) is 11.6 Å². The van der Waals surface area contributed by atoms with Crippen molar-refractivity contribution < 1.29 is 4.74 Å². The Hall–Kier alpha value is -2.79. The molecule has 24 heavy (non-hydrogen) atoms. The summed E-state index contributed by atoms with van der Waals surface area (Å²) < 4.78 is 5.44. The van der Waals surface area contributed by atoms with E-state index < -0.39 is 0 Å². The van der Waals surface area contributed by atoms with Gasteiger partial charge < -0.3 is 9.64 Å². The molecule has 0 amide bonds. The number of rotatable bonds is 3. The number of nitrogens with zero attached hydrogens (tertiary/aromatic N) is 4. The molecule has 1 aromatic heterocycles. The van der Waals surface area contributed by atoms with E-state index in [0.717, 1.165) is 24.2 Å². The van der Waals surface area contributed by atoms with Crippen molar-refractivity contribution in [1.29, 1.82) is 0 Å². The first-order chi connectivity index (χ1) is 11.9. The van der Waals surface area contributed by atoms with Gasteiger partial charge in [-0.25, -0.2) is 4.98 Å². The molecule has 0 atom stereocenters. The van der Waals surface area contributed by atoms with E-state index in [0.29, 0.717) is 30.8 Å². The maximum absolute atomic E-state index is 5.44. The zero-order valence-electron chi connectivity index (χ0n) is 13.3. The van der Waals surface area contributed by atoms with E-state index in [4.69, 9.17) is 14.7 Å². The largest absolute Gasteiger partial charge is 0.378 e. The Morgan fingerprint density at radius 2 is 1.17 bits per heavy atom. The lowest BCUT2D eigenvalue weighted by molar-refractivity contribution is 0.122. The molecule has 0 N–H and O–H groups in total. The maximum Gasteiger partial charge on any atom is 0.229 e. The lowest BCUT2D eigenvalue weighted by Gasteiger charge is -2.27. The van der Waals surface area contributed by atoms with Crippen molar-refractivity contribution in [3.8, 4) is 22.8 Å².